The summed E-state index contributed by atoms with van der Waals surface area (Å²) >= 11 is 0. The minimum atomic E-state index is -0.0389. The number of nitrogens with zero attached hydrogens (tertiary/aromatic N) is 1. The van der Waals surface area contributed by atoms with Gasteiger partial charge in [0.25, 0.3) is 5.91 Å². The van der Waals surface area contributed by atoms with Crippen LogP contribution in [0.5, 0.6) is 11.5 Å². The maximum Gasteiger partial charge on any atom is 0.260 e. The Morgan fingerprint density at radius 2 is 1.90 bits per heavy atom. The van der Waals surface area contributed by atoms with Gasteiger partial charge in [-0.3, -0.25) is 9.59 Å². The number of hydrogen-bond acceptors (Lipinski definition) is 4. The van der Waals surface area contributed by atoms with Crippen LogP contribution in [0.4, 0.5) is 0 Å². The molecule has 0 atom stereocenters. The normalized spacial score (nSPS) is 14.2. The summed E-state index contributed by atoms with van der Waals surface area (Å²) in [6.07, 6.45) is 2.12. The van der Waals surface area contributed by atoms with Gasteiger partial charge in [0, 0.05) is 18.7 Å². The molecule has 1 aromatic rings. The van der Waals surface area contributed by atoms with Crippen LogP contribution in [0.3, 0.4) is 0 Å². The second-order valence-electron chi connectivity index (χ2n) is 4.80. The molecule has 0 N–H and O–H groups in total. The van der Waals surface area contributed by atoms with Crippen LogP contribution >= 0.6 is 0 Å². The molecule has 1 saturated heterocycles. The maximum absolute atomic E-state index is 11.9. The lowest BCUT2D eigenvalue weighted by molar-refractivity contribution is -0.132. The molecule has 1 aliphatic heterocycles. The summed E-state index contributed by atoms with van der Waals surface area (Å²) in [5.74, 6) is 0.889. The molecule has 1 amide bonds. The van der Waals surface area contributed by atoms with Crippen molar-refractivity contribution in [2.24, 2.45) is 0 Å². The standard InChI is InChI=1S/C15H19NO4/c1-11(17)12-5-6-13(14(9-12)19-2)20-10-15(18)16-7-3-4-8-16/h5-6,9H,3-4,7-8,10H2,1-2H3. The maximum atomic E-state index is 11.9. The largest absolute Gasteiger partial charge is 0.493 e. The van der Waals surface area contributed by atoms with Crippen molar-refractivity contribution in [3.05, 3.63) is 23.8 Å². The quantitative estimate of drug-likeness (QED) is 0.771. The van der Waals surface area contributed by atoms with Crippen molar-refractivity contribution in [2.75, 3.05) is 26.8 Å². The van der Waals surface area contributed by atoms with E-state index in [0.29, 0.717) is 17.1 Å². The molecule has 1 heterocycles. The first-order valence-electron chi connectivity index (χ1n) is 6.71. The average Bonchev–Trinajstić information content (AvgIpc) is 2.98. The third-order valence-electron chi connectivity index (χ3n) is 3.38. The lowest BCUT2D eigenvalue weighted by Gasteiger charge is -2.16. The van der Waals surface area contributed by atoms with Crippen LogP contribution in [0.15, 0.2) is 18.2 Å². The molecule has 0 aromatic heterocycles. The van der Waals surface area contributed by atoms with Crippen LogP contribution in [-0.4, -0.2) is 43.4 Å². The van der Waals surface area contributed by atoms with Crippen LogP contribution in [0, 0.1) is 0 Å². The van der Waals surface area contributed by atoms with Crippen molar-refractivity contribution in [1.29, 1.82) is 0 Å². The number of Topliss-reactive ketones (excluding diaryl/α,β-unsaturated/α-hetero) is 1. The highest BCUT2D eigenvalue weighted by atomic mass is 16.5. The van der Waals surface area contributed by atoms with Gasteiger partial charge in [0.05, 0.1) is 7.11 Å². The fraction of sp³-hybridized carbons (Fsp3) is 0.467. The lowest BCUT2D eigenvalue weighted by atomic mass is 10.1. The van der Waals surface area contributed by atoms with Gasteiger partial charge in [0.2, 0.25) is 0 Å². The Balaban J connectivity index is 2.01. The third kappa shape index (κ3) is 3.29. The van der Waals surface area contributed by atoms with E-state index >= 15 is 0 Å². The van der Waals surface area contributed by atoms with Gasteiger partial charge in [-0.05, 0) is 38.0 Å². The molecule has 5 nitrogen and oxygen atoms in total. The zero-order valence-electron chi connectivity index (χ0n) is 11.8. The van der Waals surface area contributed by atoms with E-state index in [2.05, 4.69) is 0 Å². The zero-order valence-corrected chi connectivity index (χ0v) is 11.8. The van der Waals surface area contributed by atoms with Crippen molar-refractivity contribution < 1.29 is 19.1 Å². The van der Waals surface area contributed by atoms with Crippen LogP contribution in [0.2, 0.25) is 0 Å². The van der Waals surface area contributed by atoms with Crippen LogP contribution in [0.25, 0.3) is 0 Å². The second kappa shape index (κ2) is 6.41. The molecule has 0 bridgehead atoms. The topological polar surface area (TPSA) is 55.8 Å². The molecular formula is C15H19NO4. The summed E-state index contributed by atoms with van der Waals surface area (Å²) in [7, 11) is 1.51. The number of likely N-dealkylation sites (tertiary alicyclic amines) is 1. The molecule has 108 valence electrons. The number of rotatable bonds is 5. The fourth-order valence-electron chi connectivity index (χ4n) is 2.20. The minimum absolute atomic E-state index is 0.00419. The molecule has 0 aliphatic carbocycles. The molecule has 0 spiro atoms. The monoisotopic (exact) mass is 277 g/mol. The van der Waals surface area contributed by atoms with Gasteiger partial charge in [-0.1, -0.05) is 0 Å². The van der Waals surface area contributed by atoms with Crippen LogP contribution in [0.1, 0.15) is 30.1 Å². The number of ketones is 1. The van der Waals surface area contributed by atoms with Gasteiger partial charge >= 0.3 is 0 Å². The number of carbonyl (C=O) groups is 2. The number of carbonyl (C=O) groups excluding carboxylic acids is 2. The van der Waals surface area contributed by atoms with Gasteiger partial charge in [0.1, 0.15) is 0 Å². The zero-order chi connectivity index (χ0) is 14.5. The van der Waals surface area contributed by atoms with E-state index < -0.39 is 0 Å². The summed E-state index contributed by atoms with van der Waals surface area (Å²) in [5, 5.41) is 0. The molecule has 2 rings (SSSR count). The highest BCUT2D eigenvalue weighted by Crippen LogP contribution is 2.28. The molecule has 0 unspecified atom stereocenters. The number of methoxy groups -OCH3 is 1. The Kier molecular flexibility index (Phi) is 4.61. The Morgan fingerprint density at radius 1 is 1.20 bits per heavy atom. The SMILES string of the molecule is COc1cc(C(C)=O)ccc1OCC(=O)N1CCCC1. The summed E-state index contributed by atoms with van der Waals surface area (Å²) in [6, 6.07) is 4.95. The summed E-state index contributed by atoms with van der Waals surface area (Å²) in [6.45, 7) is 3.10. The first kappa shape index (κ1) is 14.4. The molecule has 5 heteroatoms. The van der Waals surface area contributed by atoms with Crippen molar-refractivity contribution in [2.45, 2.75) is 19.8 Å². The summed E-state index contributed by atoms with van der Waals surface area (Å²) < 4.78 is 10.7. The predicted octanol–water partition coefficient (Wildman–Crippen LogP) is 1.90. The molecule has 0 radical (unpaired) electrons. The van der Waals surface area contributed by atoms with Crippen molar-refractivity contribution in [3.8, 4) is 11.5 Å². The average molecular weight is 277 g/mol. The Morgan fingerprint density at radius 3 is 2.50 bits per heavy atom. The second-order valence-corrected chi connectivity index (χ2v) is 4.80. The number of amides is 1. The van der Waals surface area contributed by atoms with Gasteiger partial charge < -0.3 is 14.4 Å². The Hall–Kier alpha value is -2.04. The molecule has 20 heavy (non-hydrogen) atoms. The van der Waals surface area contributed by atoms with E-state index in [9.17, 15) is 9.59 Å². The van der Waals surface area contributed by atoms with E-state index in [4.69, 9.17) is 9.47 Å². The molecular weight excluding hydrogens is 258 g/mol. The van der Waals surface area contributed by atoms with E-state index in [1.165, 1.54) is 14.0 Å². The van der Waals surface area contributed by atoms with E-state index in [1.54, 1.807) is 23.1 Å². The van der Waals surface area contributed by atoms with Crippen molar-refractivity contribution in [1.82, 2.24) is 4.90 Å². The smallest absolute Gasteiger partial charge is 0.260 e. The molecule has 1 fully saturated rings. The van der Waals surface area contributed by atoms with Gasteiger partial charge in [-0.25, -0.2) is 0 Å². The van der Waals surface area contributed by atoms with Gasteiger partial charge in [-0.2, -0.15) is 0 Å². The first-order chi connectivity index (χ1) is 9.61. The highest BCUT2D eigenvalue weighted by molar-refractivity contribution is 5.94. The van der Waals surface area contributed by atoms with Gasteiger partial charge in [-0.15, -0.1) is 0 Å². The fourth-order valence-corrected chi connectivity index (χ4v) is 2.20. The van der Waals surface area contributed by atoms with Gasteiger partial charge in [0.15, 0.2) is 23.9 Å². The predicted molar refractivity (Wildman–Crippen MR) is 74.3 cm³/mol. The molecule has 1 aromatic carbocycles. The molecule has 0 saturated carbocycles. The van der Waals surface area contributed by atoms with E-state index in [1.807, 2.05) is 0 Å². The van der Waals surface area contributed by atoms with E-state index in [0.717, 1.165) is 25.9 Å². The lowest BCUT2D eigenvalue weighted by Crippen LogP contribution is -2.32. The highest BCUT2D eigenvalue weighted by Gasteiger charge is 2.19. The van der Waals surface area contributed by atoms with Crippen molar-refractivity contribution in [3.63, 3.8) is 0 Å². The van der Waals surface area contributed by atoms with Crippen LogP contribution in [-0.2, 0) is 4.79 Å². The minimum Gasteiger partial charge on any atom is -0.493 e. The Labute approximate surface area is 118 Å². The summed E-state index contributed by atoms with van der Waals surface area (Å²) in [5.41, 5.74) is 0.556. The first-order valence-corrected chi connectivity index (χ1v) is 6.71. The van der Waals surface area contributed by atoms with Crippen LogP contribution < -0.4 is 9.47 Å². The number of ether oxygens (including phenoxy) is 2. The third-order valence-corrected chi connectivity index (χ3v) is 3.38. The molecule has 1 aliphatic rings. The van der Waals surface area contributed by atoms with Crippen molar-refractivity contribution >= 4 is 11.7 Å². The number of hydrogen-bond donors (Lipinski definition) is 0. The summed E-state index contributed by atoms with van der Waals surface area (Å²) in [4.78, 5) is 25.0. The Bertz CT molecular complexity index is 507. The van der Waals surface area contributed by atoms with E-state index in [-0.39, 0.29) is 18.3 Å². The number of benzene rings is 1.